The van der Waals surface area contributed by atoms with Crippen LogP contribution in [0.25, 0.3) is 0 Å². The first-order valence-electron chi connectivity index (χ1n) is 7.95. The Morgan fingerprint density at radius 2 is 1.64 bits per heavy atom. The number of hydrogen-bond donors (Lipinski definition) is 1. The summed E-state index contributed by atoms with van der Waals surface area (Å²) >= 11 is 0. The second kappa shape index (κ2) is 8.37. The van der Waals surface area contributed by atoms with E-state index in [1.54, 1.807) is 19.1 Å². The van der Waals surface area contributed by atoms with Gasteiger partial charge in [0.15, 0.2) is 0 Å². The maximum Gasteiger partial charge on any atom is 0.335 e. The van der Waals surface area contributed by atoms with E-state index in [9.17, 15) is 18.4 Å². The summed E-state index contributed by atoms with van der Waals surface area (Å²) in [5, 5.41) is 8.86. The Bertz CT molecular complexity index is 740. The van der Waals surface area contributed by atoms with E-state index in [0.717, 1.165) is 5.56 Å². The van der Waals surface area contributed by atoms with Crippen LogP contribution in [0.3, 0.4) is 0 Å². The third kappa shape index (κ3) is 4.86. The monoisotopic (exact) mass is 347 g/mol. The van der Waals surface area contributed by atoms with Crippen LogP contribution in [-0.4, -0.2) is 28.4 Å². The lowest BCUT2D eigenvalue weighted by Gasteiger charge is -2.21. The molecule has 2 rings (SSSR count). The molecule has 0 spiro atoms. The summed E-state index contributed by atoms with van der Waals surface area (Å²) in [5.41, 5.74) is 0.885. The zero-order valence-electron chi connectivity index (χ0n) is 13.8. The fourth-order valence-electron chi connectivity index (χ4n) is 2.47. The summed E-state index contributed by atoms with van der Waals surface area (Å²) in [6, 6.07) is 9.89. The minimum absolute atomic E-state index is 0.119. The number of aromatic carboxylic acids is 1. The number of carboxylic acid groups (broad SMARTS) is 1. The van der Waals surface area contributed by atoms with E-state index >= 15 is 0 Å². The first kappa shape index (κ1) is 18.6. The zero-order valence-corrected chi connectivity index (χ0v) is 13.8. The molecule has 2 aromatic rings. The lowest BCUT2D eigenvalue weighted by Crippen LogP contribution is -2.31. The zero-order chi connectivity index (χ0) is 18.4. The molecule has 0 aliphatic heterocycles. The van der Waals surface area contributed by atoms with Gasteiger partial charge in [-0.15, -0.1) is 0 Å². The average Bonchev–Trinajstić information content (AvgIpc) is 2.60. The number of hydrogen-bond acceptors (Lipinski definition) is 2. The van der Waals surface area contributed by atoms with Gasteiger partial charge < -0.3 is 10.0 Å². The summed E-state index contributed by atoms with van der Waals surface area (Å²) < 4.78 is 27.5. The molecular weight excluding hydrogens is 328 g/mol. The van der Waals surface area contributed by atoms with Crippen LogP contribution in [0.4, 0.5) is 8.78 Å². The predicted octanol–water partition coefficient (Wildman–Crippen LogP) is 3.64. The fourth-order valence-corrected chi connectivity index (χ4v) is 2.47. The molecule has 0 bridgehead atoms. The van der Waals surface area contributed by atoms with Crippen LogP contribution in [0, 0.1) is 11.6 Å². The molecule has 1 N–H and O–H groups in total. The third-order valence-corrected chi connectivity index (χ3v) is 3.97. The molecule has 0 unspecified atom stereocenters. The van der Waals surface area contributed by atoms with Crippen molar-refractivity contribution in [2.45, 2.75) is 26.3 Å². The van der Waals surface area contributed by atoms with Gasteiger partial charge in [0.25, 0.3) is 0 Å². The number of nitrogens with zero attached hydrogens (tertiary/aromatic N) is 1. The number of benzene rings is 2. The number of halogens is 2. The van der Waals surface area contributed by atoms with Crippen molar-refractivity contribution in [2.24, 2.45) is 0 Å². The Balaban J connectivity index is 1.99. The summed E-state index contributed by atoms with van der Waals surface area (Å²) in [6.45, 7) is 1.97. The molecule has 0 aliphatic carbocycles. The van der Waals surface area contributed by atoms with E-state index in [0.29, 0.717) is 13.0 Å². The summed E-state index contributed by atoms with van der Waals surface area (Å²) in [6.07, 6.45) is 0.602. The highest BCUT2D eigenvalue weighted by Crippen LogP contribution is 2.16. The van der Waals surface area contributed by atoms with E-state index in [4.69, 9.17) is 5.11 Å². The Hall–Kier alpha value is -2.76. The third-order valence-electron chi connectivity index (χ3n) is 3.97. The molecule has 0 radical (unpaired) electrons. The normalized spacial score (nSPS) is 10.5. The van der Waals surface area contributed by atoms with Gasteiger partial charge in [-0.05, 0) is 43.2 Å². The van der Waals surface area contributed by atoms with Crippen LogP contribution in [0.15, 0.2) is 42.5 Å². The highest BCUT2D eigenvalue weighted by molar-refractivity contribution is 5.87. The van der Waals surface area contributed by atoms with E-state index in [1.165, 1.54) is 35.2 Å². The molecule has 0 aliphatic rings. The van der Waals surface area contributed by atoms with Gasteiger partial charge in [-0.25, -0.2) is 13.6 Å². The molecule has 0 fully saturated rings. The van der Waals surface area contributed by atoms with E-state index < -0.39 is 17.6 Å². The second-order valence-corrected chi connectivity index (χ2v) is 5.61. The van der Waals surface area contributed by atoms with Crippen molar-refractivity contribution in [1.29, 1.82) is 0 Å². The molecule has 0 atom stereocenters. The highest BCUT2D eigenvalue weighted by atomic mass is 19.1. The van der Waals surface area contributed by atoms with E-state index in [1.807, 2.05) is 0 Å². The standard InChI is InChI=1S/C19H19F2NO3/c1-2-22(12-15-16(20)4-3-5-17(15)21)18(23)11-8-13-6-9-14(10-7-13)19(24)25/h3-7,9-10H,2,8,11-12H2,1H3,(H,24,25). The SMILES string of the molecule is CCN(Cc1c(F)cccc1F)C(=O)CCc1ccc(C(=O)O)cc1. The molecule has 0 heterocycles. The molecule has 6 heteroatoms. The van der Waals surface area contributed by atoms with Crippen LogP contribution in [0.1, 0.15) is 34.8 Å². The molecule has 25 heavy (non-hydrogen) atoms. The molecule has 0 aromatic heterocycles. The van der Waals surface area contributed by atoms with Gasteiger partial charge in [0.05, 0.1) is 12.1 Å². The number of carbonyl (C=O) groups is 2. The van der Waals surface area contributed by atoms with Gasteiger partial charge in [0.2, 0.25) is 5.91 Å². The number of carbonyl (C=O) groups excluding carboxylic acids is 1. The topological polar surface area (TPSA) is 57.6 Å². The van der Waals surface area contributed by atoms with Gasteiger partial charge >= 0.3 is 5.97 Å². The summed E-state index contributed by atoms with van der Waals surface area (Å²) in [5.74, 6) is -2.56. The number of amides is 1. The first-order chi connectivity index (χ1) is 11.9. The maximum absolute atomic E-state index is 13.7. The molecule has 0 saturated heterocycles. The largest absolute Gasteiger partial charge is 0.478 e. The summed E-state index contributed by atoms with van der Waals surface area (Å²) in [7, 11) is 0. The van der Waals surface area contributed by atoms with Crippen LogP contribution in [-0.2, 0) is 17.8 Å². The van der Waals surface area contributed by atoms with Crippen molar-refractivity contribution in [3.63, 3.8) is 0 Å². The van der Waals surface area contributed by atoms with Gasteiger partial charge in [-0.1, -0.05) is 18.2 Å². The van der Waals surface area contributed by atoms with Crippen molar-refractivity contribution in [1.82, 2.24) is 4.90 Å². The van der Waals surface area contributed by atoms with Gasteiger partial charge in [-0.2, -0.15) is 0 Å². The van der Waals surface area contributed by atoms with Gasteiger partial charge in [0, 0.05) is 18.5 Å². The van der Waals surface area contributed by atoms with Gasteiger partial charge in [-0.3, -0.25) is 4.79 Å². The molecule has 1 amide bonds. The highest BCUT2D eigenvalue weighted by Gasteiger charge is 2.17. The predicted molar refractivity (Wildman–Crippen MR) is 89.2 cm³/mol. The Kier molecular flexibility index (Phi) is 6.22. The number of rotatable bonds is 7. The molecule has 4 nitrogen and oxygen atoms in total. The lowest BCUT2D eigenvalue weighted by atomic mass is 10.1. The molecule has 2 aromatic carbocycles. The molecule has 132 valence electrons. The number of aryl methyl sites for hydroxylation is 1. The van der Waals surface area contributed by atoms with Gasteiger partial charge in [0.1, 0.15) is 11.6 Å². The summed E-state index contributed by atoms with van der Waals surface area (Å²) in [4.78, 5) is 24.5. The van der Waals surface area contributed by atoms with Crippen molar-refractivity contribution in [2.75, 3.05) is 6.54 Å². The Labute approximate surface area is 144 Å². The minimum atomic E-state index is -1.01. The van der Waals surface area contributed by atoms with Crippen LogP contribution >= 0.6 is 0 Å². The van der Waals surface area contributed by atoms with Crippen molar-refractivity contribution >= 4 is 11.9 Å². The Morgan fingerprint density at radius 1 is 1.04 bits per heavy atom. The molecular formula is C19H19F2NO3. The minimum Gasteiger partial charge on any atom is -0.478 e. The second-order valence-electron chi connectivity index (χ2n) is 5.61. The lowest BCUT2D eigenvalue weighted by molar-refractivity contribution is -0.131. The van der Waals surface area contributed by atoms with Crippen molar-refractivity contribution in [3.8, 4) is 0 Å². The smallest absolute Gasteiger partial charge is 0.335 e. The van der Waals surface area contributed by atoms with Crippen molar-refractivity contribution in [3.05, 3.63) is 70.8 Å². The van der Waals surface area contributed by atoms with Crippen LogP contribution in [0.2, 0.25) is 0 Å². The molecule has 0 saturated carbocycles. The van der Waals surface area contributed by atoms with E-state index in [2.05, 4.69) is 0 Å². The maximum atomic E-state index is 13.7. The first-order valence-corrected chi connectivity index (χ1v) is 7.95. The van der Waals surface area contributed by atoms with Crippen molar-refractivity contribution < 1.29 is 23.5 Å². The van der Waals surface area contributed by atoms with Crippen LogP contribution in [0.5, 0.6) is 0 Å². The Morgan fingerprint density at radius 3 is 2.16 bits per heavy atom. The van der Waals surface area contributed by atoms with E-state index in [-0.39, 0.29) is 30.0 Å². The van der Waals surface area contributed by atoms with Crippen LogP contribution < -0.4 is 0 Å². The number of carboxylic acids is 1. The average molecular weight is 347 g/mol. The quantitative estimate of drug-likeness (QED) is 0.832. The fraction of sp³-hybridized carbons (Fsp3) is 0.263.